The number of hydrogen-bond donors (Lipinski definition) is 1. The highest BCUT2D eigenvalue weighted by Crippen LogP contribution is 2.27. The Hall–Kier alpha value is -2.66. The molecule has 0 saturated heterocycles. The fourth-order valence-electron chi connectivity index (χ4n) is 2.01. The number of methoxy groups -OCH3 is 1. The summed E-state index contributed by atoms with van der Waals surface area (Å²) in [6.07, 6.45) is 1.45. The lowest BCUT2D eigenvalue weighted by molar-refractivity contribution is 0.102. The van der Waals surface area contributed by atoms with E-state index in [0.717, 1.165) is 5.52 Å². The van der Waals surface area contributed by atoms with E-state index in [1.165, 1.54) is 13.3 Å². The number of halogens is 1. The minimum absolute atomic E-state index is 0.241. The number of amides is 1. The minimum Gasteiger partial charge on any atom is -0.495 e. The molecule has 0 aliphatic carbocycles. The van der Waals surface area contributed by atoms with E-state index in [1.807, 2.05) is 24.3 Å². The van der Waals surface area contributed by atoms with Crippen LogP contribution in [0.3, 0.4) is 0 Å². The van der Waals surface area contributed by atoms with Crippen LogP contribution in [0.15, 0.2) is 48.7 Å². The standard InChI is InChI=1S/C16H12ClN3O2/c1-22-15-7-6-10(8-11(15)17)19-16(21)14-9-18-12-4-2-3-5-13(12)20-14/h2-9H,1H3,(H,19,21). The lowest BCUT2D eigenvalue weighted by atomic mass is 10.2. The number of anilines is 1. The van der Waals surface area contributed by atoms with Gasteiger partial charge in [0.1, 0.15) is 11.4 Å². The molecule has 6 heteroatoms. The second-order valence-corrected chi connectivity index (χ2v) is 4.95. The molecule has 0 unspecified atom stereocenters. The van der Waals surface area contributed by atoms with E-state index in [0.29, 0.717) is 22.0 Å². The van der Waals surface area contributed by atoms with Crippen molar-refractivity contribution in [2.45, 2.75) is 0 Å². The van der Waals surface area contributed by atoms with Gasteiger partial charge in [-0.1, -0.05) is 23.7 Å². The molecule has 2 aromatic carbocycles. The Labute approximate surface area is 131 Å². The summed E-state index contributed by atoms with van der Waals surface area (Å²) in [5, 5.41) is 3.15. The normalized spacial score (nSPS) is 10.5. The van der Waals surface area contributed by atoms with Crippen LogP contribution in [0.2, 0.25) is 5.02 Å². The summed E-state index contributed by atoms with van der Waals surface area (Å²) < 4.78 is 5.07. The first-order valence-corrected chi connectivity index (χ1v) is 6.92. The minimum atomic E-state index is -0.348. The van der Waals surface area contributed by atoms with Gasteiger partial charge in [-0.2, -0.15) is 0 Å². The fraction of sp³-hybridized carbons (Fsp3) is 0.0625. The van der Waals surface area contributed by atoms with Gasteiger partial charge in [0.25, 0.3) is 5.91 Å². The highest BCUT2D eigenvalue weighted by molar-refractivity contribution is 6.32. The smallest absolute Gasteiger partial charge is 0.275 e. The molecule has 0 bridgehead atoms. The van der Waals surface area contributed by atoms with Crippen molar-refractivity contribution >= 4 is 34.2 Å². The average Bonchev–Trinajstić information content (AvgIpc) is 2.54. The molecule has 3 rings (SSSR count). The van der Waals surface area contributed by atoms with E-state index in [2.05, 4.69) is 15.3 Å². The molecule has 1 amide bonds. The van der Waals surface area contributed by atoms with Gasteiger partial charge in [-0.15, -0.1) is 0 Å². The number of nitrogens with zero attached hydrogens (tertiary/aromatic N) is 2. The first-order valence-electron chi connectivity index (χ1n) is 6.54. The summed E-state index contributed by atoms with van der Waals surface area (Å²) in [4.78, 5) is 20.8. The first kappa shape index (κ1) is 14.3. The van der Waals surface area contributed by atoms with Gasteiger partial charge in [-0.25, -0.2) is 4.98 Å². The predicted octanol–water partition coefficient (Wildman–Crippen LogP) is 3.54. The molecule has 0 radical (unpaired) electrons. The van der Waals surface area contributed by atoms with Crippen LogP contribution in [0.1, 0.15) is 10.5 Å². The zero-order chi connectivity index (χ0) is 15.5. The molecule has 1 N–H and O–H groups in total. The fourth-order valence-corrected chi connectivity index (χ4v) is 2.26. The van der Waals surface area contributed by atoms with Gasteiger partial charge in [-0.3, -0.25) is 9.78 Å². The van der Waals surface area contributed by atoms with Crippen LogP contribution < -0.4 is 10.1 Å². The van der Waals surface area contributed by atoms with Gasteiger partial charge in [0.2, 0.25) is 0 Å². The number of para-hydroxylation sites is 2. The number of nitrogens with one attached hydrogen (secondary N) is 1. The highest BCUT2D eigenvalue weighted by Gasteiger charge is 2.10. The number of aromatic nitrogens is 2. The maximum Gasteiger partial charge on any atom is 0.275 e. The van der Waals surface area contributed by atoms with E-state index in [1.54, 1.807) is 18.2 Å². The molecule has 0 fully saturated rings. The highest BCUT2D eigenvalue weighted by atomic mass is 35.5. The lowest BCUT2D eigenvalue weighted by Gasteiger charge is -2.08. The molecule has 1 heterocycles. The Morgan fingerprint density at radius 2 is 1.95 bits per heavy atom. The summed E-state index contributed by atoms with van der Waals surface area (Å²) >= 11 is 6.03. The molecule has 3 aromatic rings. The van der Waals surface area contributed by atoms with Gasteiger partial charge < -0.3 is 10.1 Å². The van der Waals surface area contributed by atoms with Crippen molar-refractivity contribution in [1.82, 2.24) is 9.97 Å². The molecule has 0 saturated carbocycles. The van der Waals surface area contributed by atoms with E-state index < -0.39 is 0 Å². The molecule has 0 aliphatic heterocycles. The molecule has 0 aliphatic rings. The number of carbonyl (C=O) groups is 1. The second kappa shape index (κ2) is 5.99. The van der Waals surface area contributed by atoms with E-state index in [9.17, 15) is 4.79 Å². The third kappa shape index (κ3) is 2.84. The number of fused-ring (bicyclic) bond motifs is 1. The maximum absolute atomic E-state index is 12.2. The van der Waals surface area contributed by atoms with Gasteiger partial charge in [0.15, 0.2) is 0 Å². The van der Waals surface area contributed by atoms with E-state index in [4.69, 9.17) is 16.3 Å². The van der Waals surface area contributed by atoms with Gasteiger partial charge >= 0.3 is 0 Å². The van der Waals surface area contributed by atoms with Crippen molar-refractivity contribution in [3.63, 3.8) is 0 Å². The molecule has 0 spiro atoms. The number of benzene rings is 2. The summed E-state index contributed by atoms with van der Waals surface area (Å²) in [6.45, 7) is 0. The van der Waals surface area contributed by atoms with Crippen molar-refractivity contribution in [3.05, 3.63) is 59.4 Å². The Bertz CT molecular complexity index is 852. The van der Waals surface area contributed by atoms with Crippen LogP contribution in [-0.4, -0.2) is 23.0 Å². The molecule has 1 aromatic heterocycles. The zero-order valence-electron chi connectivity index (χ0n) is 11.7. The quantitative estimate of drug-likeness (QED) is 0.803. The molecular formula is C16H12ClN3O2. The number of carbonyl (C=O) groups excluding carboxylic acids is 1. The van der Waals surface area contributed by atoms with Crippen molar-refractivity contribution in [2.24, 2.45) is 0 Å². The van der Waals surface area contributed by atoms with Crippen LogP contribution in [0.4, 0.5) is 5.69 Å². The topological polar surface area (TPSA) is 64.1 Å². The molecule has 5 nitrogen and oxygen atoms in total. The van der Waals surface area contributed by atoms with Gasteiger partial charge in [-0.05, 0) is 30.3 Å². The van der Waals surface area contributed by atoms with Crippen molar-refractivity contribution in [2.75, 3.05) is 12.4 Å². The summed E-state index contributed by atoms with van der Waals surface area (Å²) in [5.74, 6) is 0.199. The first-order chi connectivity index (χ1) is 10.7. The number of rotatable bonds is 3. The zero-order valence-corrected chi connectivity index (χ0v) is 12.5. The summed E-state index contributed by atoms with van der Waals surface area (Å²) in [7, 11) is 1.53. The average molecular weight is 314 g/mol. The Morgan fingerprint density at radius 1 is 1.18 bits per heavy atom. The van der Waals surface area contributed by atoms with Crippen molar-refractivity contribution in [3.8, 4) is 5.75 Å². The third-order valence-electron chi connectivity index (χ3n) is 3.09. The van der Waals surface area contributed by atoms with Crippen LogP contribution in [0, 0.1) is 0 Å². The van der Waals surface area contributed by atoms with Gasteiger partial charge in [0.05, 0.1) is 29.4 Å². The van der Waals surface area contributed by atoms with Crippen LogP contribution in [0.5, 0.6) is 5.75 Å². The number of hydrogen-bond acceptors (Lipinski definition) is 4. The summed E-state index contributed by atoms with van der Waals surface area (Å²) in [6, 6.07) is 12.4. The monoisotopic (exact) mass is 313 g/mol. The van der Waals surface area contributed by atoms with Gasteiger partial charge in [0, 0.05) is 5.69 Å². The Kier molecular flexibility index (Phi) is 3.89. The SMILES string of the molecule is COc1ccc(NC(=O)c2cnc3ccccc3n2)cc1Cl. The Balaban J connectivity index is 1.85. The molecular weight excluding hydrogens is 302 g/mol. The predicted molar refractivity (Wildman–Crippen MR) is 85.5 cm³/mol. The van der Waals surface area contributed by atoms with E-state index in [-0.39, 0.29) is 11.6 Å². The number of ether oxygens (including phenoxy) is 1. The third-order valence-corrected chi connectivity index (χ3v) is 3.39. The Morgan fingerprint density at radius 3 is 2.68 bits per heavy atom. The van der Waals surface area contributed by atoms with Crippen LogP contribution >= 0.6 is 11.6 Å². The maximum atomic E-state index is 12.2. The second-order valence-electron chi connectivity index (χ2n) is 4.55. The van der Waals surface area contributed by atoms with Crippen molar-refractivity contribution < 1.29 is 9.53 Å². The van der Waals surface area contributed by atoms with Crippen LogP contribution in [-0.2, 0) is 0 Å². The van der Waals surface area contributed by atoms with E-state index >= 15 is 0 Å². The van der Waals surface area contributed by atoms with Crippen molar-refractivity contribution in [1.29, 1.82) is 0 Å². The molecule has 0 atom stereocenters. The lowest BCUT2D eigenvalue weighted by Crippen LogP contribution is -2.14. The molecule has 22 heavy (non-hydrogen) atoms. The molecule has 110 valence electrons. The van der Waals surface area contributed by atoms with Crippen LogP contribution in [0.25, 0.3) is 11.0 Å². The largest absolute Gasteiger partial charge is 0.495 e. The summed E-state index contributed by atoms with van der Waals surface area (Å²) in [5.41, 5.74) is 2.21.